The minimum atomic E-state index is -1.14. The Labute approximate surface area is 319 Å². The third-order valence-corrected chi connectivity index (χ3v) is 8.23. The predicted octanol–water partition coefficient (Wildman–Crippen LogP) is 4.78. The number of benzene rings is 4. The summed E-state index contributed by atoms with van der Waals surface area (Å²) in [6.07, 6.45) is 2.89. The van der Waals surface area contributed by atoms with E-state index in [4.69, 9.17) is 23.2 Å². The Bertz CT molecular complexity index is 1990. The number of nitrogens with one attached hydrogen (secondary N) is 4. The lowest BCUT2D eigenvalue weighted by molar-refractivity contribution is -0.123. The Kier molecular flexibility index (Phi) is 13.4. The molecule has 5 rings (SSSR count). The van der Waals surface area contributed by atoms with Crippen LogP contribution in [0.25, 0.3) is 0 Å². The van der Waals surface area contributed by atoms with E-state index in [0.717, 1.165) is 0 Å². The quantitative estimate of drug-likeness (QED) is 0.0691. The standard InChI is InChI=1S/C39H33Cl2N7O6/c40-28-12-4-26(5-13-28)22-42-47-38(53)34(20-24-8-16-30(49)17-9-24)45-36(51)32-2-1-3-33(44-32)37(52)46-35(21-25-10-18-31(50)19-11-25)39(54)48-43-23-27-6-14-29(41)15-7-27/h1-19,22-23,34-35,49-50H,20-21H2,(H,45,51)(H,46,52)(H,47,53)(H,48,54)/b42-22+,43-23+/t34-,35-/m0/s1. The maximum absolute atomic E-state index is 13.5. The Hall–Kier alpha value is -6.57. The highest BCUT2D eigenvalue weighted by Gasteiger charge is 2.25. The molecule has 274 valence electrons. The van der Waals surface area contributed by atoms with Gasteiger partial charge in [-0.05, 0) is 82.9 Å². The van der Waals surface area contributed by atoms with Crippen LogP contribution in [-0.4, -0.2) is 63.3 Å². The average Bonchev–Trinajstić information content (AvgIpc) is 3.17. The lowest BCUT2D eigenvalue weighted by Gasteiger charge is -2.18. The first kappa shape index (κ1) is 38.7. The number of phenolic OH excluding ortho intramolecular Hbond substituents is 2. The maximum Gasteiger partial charge on any atom is 0.270 e. The second-order valence-electron chi connectivity index (χ2n) is 11.8. The molecule has 6 N–H and O–H groups in total. The van der Waals surface area contributed by atoms with Gasteiger partial charge in [-0.2, -0.15) is 10.2 Å². The van der Waals surface area contributed by atoms with Crippen molar-refractivity contribution in [2.24, 2.45) is 10.2 Å². The molecule has 13 nitrogen and oxygen atoms in total. The fourth-order valence-corrected chi connectivity index (χ4v) is 5.15. The molecule has 0 saturated carbocycles. The molecular weight excluding hydrogens is 733 g/mol. The number of amides is 4. The summed E-state index contributed by atoms with van der Waals surface area (Å²) in [5, 5.41) is 33.8. The van der Waals surface area contributed by atoms with Crippen LogP contribution in [0.15, 0.2) is 125 Å². The van der Waals surface area contributed by atoms with Crippen LogP contribution >= 0.6 is 23.2 Å². The first-order valence-electron chi connectivity index (χ1n) is 16.3. The molecule has 5 aromatic rings. The van der Waals surface area contributed by atoms with Crippen molar-refractivity contribution in [2.75, 3.05) is 0 Å². The molecule has 4 amide bonds. The van der Waals surface area contributed by atoms with Crippen molar-refractivity contribution in [2.45, 2.75) is 24.9 Å². The third kappa shape index (κ3) is 11.7. The van der Waals surface area contributed by atoms with Crippen molar-refractivity contribution in [3.63, 3.8) is 0 Å². The molecule has 15 heteroatoms. The largest absolute Gasteiger partial charge is 0.508 e. The van der Waals surface area contributed by atoms with Gasteiger partial charge < -0.3 is 20.8 Å². The molecule has 1 heterocycles. The fourth-order valence-electron chi connectivity index (χ4n) is 4.90. The molecule has 0 radical (unpaired) electrons. The first-order valence-corrected chi connectivity index (χ1v) is 17.1. The number of halogens is 2. The van der Waals surface area contributed by atoms with E-state index < -0.39 is 35.7 Å². The van der Waals surface area contributed by atoms with Crippen LogP contribution in [0.5, 0.6) is 11.5 Å². The third-order valence-electron chi connectivity index (χ3n) is 7.73. The van der Waals surface area contributed by atoms with Gasteiger partial charge in [0.1, 0.15) is 35.0 Å². The lowest BCUT2D eigenvalue weighted by Crippen LogP contribution is -2.47. The molecule has 0 bridgehead atoms. The average molecular weight is 767 g/mol. The molecule has 1 aromatic heterocycles. The zero-order chi connectivity index (χ0) is 38.5. The number of rotatable bonds is 14. The highest BCUT2D eigenvalue weighted by atomic mass is 35.5. The molecule has 0 spiro atoms. The molecule has 0 aliphatic carbocycles. The van der Waals surface area contributed by atoms with Gasteiger partial charge in [0.05, 0.1) is 12.4 Å². The van der Waals surface area contributed by atoms with Crippen LogP contribution in [0.4, 0.5) is 0 Å². The van der Waals surface area contributed by atoms with E-state index in [1.807, 2.05) is 0 Å². The minimum absolute atomic E-state index is 0.0308. The number of nitrogens with zero attached hydrogens (tertiary/aromatic N) is 3. The number of aromatic nitrogens is 1. The molecule has 0 aliphatic rings. The number of hydrogen-bond acceptors (Lipinski definition) is 9. The van der Waals surface area contributed by atoms with Gasteiger partial charge in [0.15, 0.2) is 0 Å². The van der Waals surface area contributed by atoms with Crippen LogP contribution in [0, 0.1) is 0 Å². The molecule has 0 unspecified atom stereocenters. The van der Waals surface area contributed by atoms with E-state index in [-0.39, 0.29) is 35.7 Å². The summed E-state index contributed by atoms with van der Waals surface area (Å²) >= 11 is 11.9. The fraction of sp³-hybridized carbons (Fsp3) is 0.103. The van der Waals surface area contributed by atoms with Gasteiger partial charge in [0, 0.05) is 22.9 Å². The second kappa shape index (κ2) is 18.8. The van der Waals surface area contributed by atoms with Crippen molar-refractivity contribution < 1.29 is 29.4 Å². The van der Waals surface area contributed by atoms with Crippen molar-refractivity contribution in [1.29, 1.82) is 0 Å². The van der Waals surface area contributed by atoms with Crippen molar-refractivity contribution in [3.05, 3.63) is 159 Å². The van der Waals surface area contributed by atoms with Gasteiger partial charge >= 0.3 is 0 Å². The first-order chi connectivity index (χ1) is 26.0. The van der Waals surface area contributed by atoms with Crippen LogP contribution < -0.4 is 21.5 Å². The van der Waals surface area contributed by atoms with Crippen molar-refractivity contribution >= 4 is 59.3 Å². The highest BCUT2D eigenvalue weighted by Crippen LogP contribution is 2.14. The summed E-state index contributed by atoms with van der Waals surface area (Å²) in [5.41, 5.74) is 7.11. The van der Waals surface area contributed by atoms with E-state index in [2.05, 4.69) is 36.7 Å². The Morgan fingerprint density at radius 1 is 0.574 bits per heavy atom. The predicted molar refractivity (Wildman–Crippen MR) is 205 cm³/mol. The van der Waals surface area contributed by atoms with Gasteiger partial charge in [-0.15, -0.1) is 0 Å². The number of phenols is 2. The van der Waals surface area contributed by atoms with E-state index in [1.54, 1.807) is 72.8 Å². The SMILES string of the molecule is O=C(N[C@@H](Cc1ccc(O)cc1)C(=O)N/N=C/c1ccc(Cl)cc1)c1cccc(C(=O)N[C@@H](Cc2ccc(O)cc2)C(=O)N/N=C/c2ccc(Cl)cc2)n1. The molecule has 54 heavy (non-hydrogen) atoms. The minimum Gasteiger partial charge on any atom is -0.508 e. The molecule has 0 fully saturated rings. The number of carbonyl (C=O) groups is 4. The van der Waals surface area contributed by atoms with Gasteiger partial charge in [-0.1, -0.05) is 77.8 Å². The second-order valence-corrected chi connectivity index (χ2v) is 12.6. The molecule has 2 atom stereocenters. The Balaban J connectivity index is 1.29. The highest BCUT2D eigenvalue weighted by molar-refractivity contribution is 6.30. The number of hydrazone groups is 2. The van der Waals surface area contributed by atoms with Crippen LogP contribution in [0.2, 0.25) is 10.0 Å². The Morgan fingerprint density at radius 2 is 0.944 bits per heavy atom. The van der Waals surface area contributed by atoms with E-state index in [1.165, 1.54) is 54.9 Å². The summed E-state index contributed by atoms with van der Waals surface area (Å²) < 4.78 is 0. The number of carbonyl (C=O) groups excluding carboxylic acids is 4. The zero-order valence-electron chi connectivity index (χ0n) is 28.3. The summed E-state index contributed by atoms with van der Waals surface area (Å²) in [4.78, 5) is 57.7. The summed E-state index contributed by atoms with van der Waals surface area (Å²) in [5.74, 6) is -2.75. The monoisotopic (exact) mass is 765 g/mol. The van der Waals surface area contributed by atoms with Crippen LogP contribution in [-0.2, 0) is 22.4 Å². The van der Waals surface area contributed by atoms with Crippen molar-refractivity contribution in [1.82, 2.24) is 26.5 Å². The van der Waals surface area contributed by atoms with Gasteiger partial charge in [-0.3, -0.25) is 19.2 Å². The van der Waals surface area contributed by atoms with E-state index in [0.29, 0.717) is 32.3 Å². The number of hydrogen-bond donors (Lipinski definition) is 6. The zero-order valence-corrected chi connectivity index (χ0v) is 29.8. The molecule has 4 aromatic carbocycles. The van der Waals surface area contributed by atoms with Gasteiger partial charge in [0.2, 0.25) is 0 Å². The number of pyridine rings is 1. The van der Waals surface area contributed by atoms with Gasteiger partial charge in [-0.25, -0.2) is 15.8 Å². The van der Waals surface area contributed by atoms with Crippen LogP contribution in [0.3, 0.4) is 0 Å². The molecule has 0 saturated heterocycles. The maximum atomic E-state index is 13.5. The van der Waals surface area contributed by atoms with Gasteiger partial charge in [0.25, 0.3) is 23.6 Å². The summed E-state index contributed by atoms with van der Waals surface area (Å²) in [6.45, 7) is 0. The Morgan fingerprint density at radius 3 is 1.31 bits per heavy atom. The summed E-state index contributed by atoms with van der Waals surface area (Å²) in [7, 11) is 0. The molecule has 0 aliphatic heterocycles. The normalized spacial score (nSPS) is 12.2. The van der Waals surface area contributed by atoms with E-state index >= 15 is 0 Å². The summed E-state index contributed by atoms with van der Waals surface area (Å²) in [6, 6.07) is 27.7. The lowest BCUT2D eigenvalue weighted by atomic mass is 10.0. The van der Waals surface area contributed by atoms with Crippen LogP contribution in [0.1, 0.15) is 43.2 Å². The van der Waals surface area contributed by atoms with Crippen molar-refractivity contribution in [3.8, 4) is 11.5 Å². The number of aromatic hydroxyl groups is 2. The smallest absolute Gasteiger partial charge is 0.270 e. The van der Waals surface area contributed by atoms with E-state index in [9.17, 15) is 29.4 Å². The topological polar surface area (TPSA) is 194 Å². The molecular formula is C39H33Cl2N7O6.